The van der Waals surface area contributed by atoms with E-state index < -0.39 is 0 Å². The Bertz CT molecular complexity index is 203. The van der Waals surface area contributed by atoms with E-state index in [-0.39, 0.29) is 0 Å². The van der Waals surface area contributed by atoms with Gasteiger partial charge in [0.05, 0.1) is 6.61 Å². The standard InChI is InChI=1S/C9H12IOP/c10-11-6-7-12-8-9-4-2-1-3-5-9/h1-5,12H,6-8H2. The van der Waals surface area contributed by atoms with E-state index >= 15 is 0 Å². The second-order valence-electron chi connectivity index (χ2n) is 2.48. The van der Waals surface area contributed by atoms with Crippen LogP contribution in [0.15, 0.2) is 30.3 Å². The van der Waals surface area contributed by atoms with Gasteiger partial charge in [-0.15, -0.1) is 8.58 Å². The maximum atomic E-state index is 4.96. The van der Waals surface area contributed by atoms with Crippen LogP contribution in [-0.4, -0.2) is 12.8 Å². The number of benzene rings is 1. The first-order chi connectivity index (χ1) is 5.93. The molecule has 0 aliphatic carbocycles. The van der Waals surface area contributed by atoms with Gasteiger partial charge < -0.3 is 3.07 Å². The molecule has 0 radical (unpaired) electrons. The van der Waals surface area contributed by atoms with Gasteiger partial charge in [0, 0.05) is 0 Å². The Morgan fingerprint density at radius 2 is 2.00 bits per heavy atom. The Hall–Kier alpha value is 0.340. The van der Waals surface area contributed by atoms with Crippen LogP contribution in [-0.2, 0) is 9.23 Å². The molecular formula is C9H12IOP. The van der Waals surface area contributed by atoms with Crippen molar-refractivity contribution >= 4 is 31.6 Å². The molecule has 1 atom stereocenters. The van der Waals surface area contributed by atoms with Crippen LogP contribution in [0.4, 0.5) is 0 Å². The van der Waals surface area contributed by atoms with Gasteiger partial charge in [0.1, 0.15) is 23.0 Å². The van der Waals surface area contributed by atoms with Crippen LogP contribution in [0.3, 0.4) is 0 Å². The average molecular weight is 294 g/mol. The van der Waals surface area contributed by atoms with E-state index in [9.17, 15) is 0 Å². The second kappa shape index (κ2) is 6.81. The SMILES string of the molecule is IOCCPCc1ccccc1. The molecular weight excluding hydrogens is 282 g/mol. The van der Waals surface area contributed by atoms with Gasteiger partial charge in [-0.1, -0.05) is 30.3 Å². The normalized spacial score (nSPS) is 11.1. The number of halogens is 1. The Kier molecular flexibility index (Phi) is 5.92. The smallest absolute Gasteiger partial charge is 0.109 e. The molecule has 3 heteroatoms. The van der Waals surface area contributed by atoms with Crippen molar-refractivity contribution in [2.24, 2.45) is 0 Å². The molecule has 0 heterocycles. The van der Waals surface area contributed by atoms with Crippen LogP contribution in [0.25, 0.3) is 0 Å². The fourth-order valence-corrected chi connectivity index (χ4v) is 2.52. The molecule has 0 aliphatic heterocycles. The summed E-state index contributed by atoms with van der Waals surface area (Å²) in [6.45, 7) is 0.881. The first-order valence-corrected chi connectivity index (χ1v) is 6.21. The van der Waals surface area contributed by atoms with Crippen molar-refractivity contribution in [3.05, 3.63) is 35.9 Å². The summed E-state index contributed by atoms with van der Waals surface area (Å²) in [6, 6.07) is 10.6. The van der Waals surface area contributed by atoms with Crippen LogP contribution >= 0.6 is 31.6 Å². The molecule has 1 aromatic rings. The largest absolute Gasteiger partial charge is 0.315 e. The lowest BCUT2D eigenvalue weighted by Crippen LogP contribution is -1.86. The Labute approximate surface area is 89.4 Å². The van der Waals surface area contributed by atoms with Gasteiger partial charge in [0.2, 0.25) is 0 Å². The zero-order valence-corrected chi connectivity index (χ0v) is 9.95. The van der Waals surface area contributed by atoms with Crippen LogP contribution in [0.2, 0.25) is 0 Å². The lowest BCUT2D eigenvalue weighted by molar-refractivity contribution is 0.462. The molecule has 1 aromatic carbocycles. The maximum Gasteiger partial charge on any atom is 0.109 e. The van der Waals surface area contributed by atoms with Crippen LogP contribution in [0.5, 0.6) is 0 Å². The van der Waals surface area contributed by atoms with E-state index in [1.54, 1.807) is 0 Å². The van der Waals surface area contributed by atoms with Crippen molar-refractivity contribution in [2.45, 2.75) is 6.16 Å². The van der Waals surface area contributed by atoms with Gasteiger partial charge in [-0.2, -0.15) is 0 Å². The van der Waals surface area contributed by atoms with E-state index in [0.29, 0.717) is 0 Å². The van der Waals surface area contributed by atoms with Crippen molar-refractivity contribution in [1.29, 1.82) is 0 Å². The van der Waals surface area contributed by atoms with Crippen molar-refractivity contribution < 1.29 is 3.07 Å². The quantitative estimate of drug-likeness (QED) is 0.460. The summed E-state index contributed by atoms with van der Waals surface area (Å²) in [5.74, 6) is 0. The molecule has 0 aromatic heterocycles. The van der Waals surface area contributed by atoms with Crippen molar-refractivity contribution in [3.63, 3.8) is 0 Å². The van der Waals surface area contributed by atoms with Crippen molar-refractivity contribution in [3.8, 4) is 0 Å². The highest BCUT2D eigenvalue weighted by Crippen LogP contribution is 2.17. The molecule has 0 saturated carbocycles. The Balaban J connectivity index is 2.16. The lowest BCUT2D eigenvalue weighted by Gasteiger charge is -1.99. The Morgan fingerprint density at radius 3 is 2.67 bits per heavy atom. The van der Waals surface area contributed by atoms with Crippen molar-refractivity contribution in [1.82, 2.24) is 0 Å². The third-order valence-electron chi connectivity index (χ3n) is 1.53. The lowest BCUT2D eigenvalue weighted by atomic mass is 10.2. The summed E-state index contributed by atoms with van der Waals surface area (Å²) in [6.07, 6.45) is 2.37. The van der Waals surface area contributed by atoms with E-state index in [4.69, 9.17) is 3.07 Å². The first kappa shape index (κ1) is 10.4. The monoisotopic (exact) mass is 294 g/mol. The number of hydrogen-bond acceptors (Lipinski definition) is 1. The summed E-state index contributed by atoms with van der Waals surface area (Å²) in [5.41, 5.74) is 1.43. The average Bonchev–Trinajstić information content (AvgIpc) is 2.14. The third-order valence-corrected chi connectivity index (χ3v) is 3.18. The fraction of sp³-hybridized carbons (Fsp3) is 0.333. The van der Waals surface area contributed by atoms with Gasteiger partial charge in [-0.05, 0) is 17.9 Å². The van der Waals surface area contributed by atoms with Crippen molar-refractivity contribution in [2.75, 3.05) is 12.8 Å². The second-order valence-corrected chi connectivity index (χ2v) is 4.45. The van der Waals surface area contributed by atoms with Gasteiger partial charge >= 0.3 is 0 Å². The van der Waals surface area contributed by atoms with E-state index in [0.717, 1.165) is 15.2 Å². The van der Waals surface area contributed by atoms with E-state index in [1.807, 2.05) is 23.0 Å². The topological polar surface area (TPSA) is 9.23 Å². The molecule has 0 amide bonds. The number of rotatable bonds is 5. The van der Waals surface area contributed by atoms with Crippen LogP contribution in [0, 0.1) is 0 Å². The predicted octanol–water partition coefficient (Wildman–Crippen LogP) is 3.23. The zero-order valence-electron chi connectivity index (χ0n) is 6.79. The predicted molar refractivity (Wildman–Crippen MR) is 63.3 cm³/mol. The molecule has 0 bridgehead atoms. The molecule has 1 unspecified atom stereocenters. The molecule has 1 nitrogen and oxygen atoms in total. The highest BCUT2D eigenvalue weighted by Gasteiger charge is 1.90. The van der Waals surface area contributed by atoms with Gasteiger partial charge in [-0.25, -0.2) is 0 Å². The summed E-state index contributed by atoms with van der Waals surface area (Å²) in [7, 11) is 0.987. The van der Waals surface area contributed by atoms with E-state index in [2.05, 4.69) is 30.3 Å². The molecule has 0 saturated heterocycles. The summed E-state index contributed by atoms with van der Waals surface area (Å²) >= 11 is 1.95. The summed E-state index contributed by atoms with van der Waals surface area (Å²) < 4.78 is 4.96. The minimum atomic E-state index is 0.881. The minimum absolute atomic E-state index is 0.881. The molecule has 0 aliphatic rings. The van der Waals surface area contributed by atoms with E-state index in [1.165, 1.54) is 17.9 Å². The first-order valence-electron chi connectivity index (χ1n) is 3.91. The summed E-state index contributed by atoms with van der Waals surface area (Å²) in [4.78, 5) is 0. The van der Waals surface area contributed by atoms with Gasteiger partial charge in [-0.3, -0.25) is 0 Å². The molecule has 12 heavy (non-hydrogen) atoms. The fourth-order valence-electron chi connectivity index (χ4n) is 0.939. The molecule has 0 fully saturated rings. The highest BCUT2D eigenvalue weighted by molar-refractivity contribution is 14.1. The zero-order chi connectivity index (χ0) is 8.65. The van der Waals surface area contributed by atoms with Crippen LogP contribution in [0.1, 0.15) is 5.56 Å². The maximum absolute atomic E-state index is 4.96. The third kappa shape index (κ3) is 4.39. The van der Waals surface area contributed by atoms with Gasteiger partial charge in [0.25, 0.3) is 0 Å². The molecule has 0 N–H and O–H groups in total. The minimum Gasteiger partial charge on any atom is -0.315 e. The summed E-state index contributed by atoms with van der Waals surface area (Å²) in [5, 5.41) is 0. The molecule has 0 spiro atoms. The highest BCUT2D eigenvalue weighted by atomic mass is 127. The molecule has 66 valence electrons. The Morgan fingerprint density at radius 1 is 1.25 bits per heavy atom. The number of hydrogen-bond donors (Lipinski definition) is 0. The van der Waals surface area contributed by atoms with Gasteiger partial charge in [0.15, 0.2) is 0 Å². The van der Waals surface area contributed by atoms with Crippen LogP contribution < -0.4 is 0 Å². The molecule has 1 rings (SSSR count).